The standard InChI is InChI=1S/C15H19FN4O2/c1-15(2,3)22-14(21)20-8-12(13(9-20)18-19-17)10-4-6-11(16)7-5-10/h4-7,12-13H,8-9H2,1-3H3. The zero-order valence-corrected chi connectivity index (χ0v) is 12.9. The molecule has 0 aliphatic carbocycles. The van der Waals surface area contributed by atoms with Gasteiger partial charge in [-0.1, -0.05) is 17.2 Å². The quantitative estimate of drug-likeness (QED) is 0.473. The van der Waals surface area contributed by atoms with Crippen molar-refractivity contribution in [3.8, 4) is 0 Å². The van der Waals surface area contributed by atoms with Crippen molar-refractivity contribution in [3.63, 3.8) is 0 Å². The summed E-state index contributed by atoms with van der Waals surface area (Å²) < 4.78 is 18.4. The Hall–Kier alpha value is -2.27. The van der Waals surface area contributed by atoms with Crippen molar-refractivity contribution in [2.24, 2.45) is 5.11 Å². The van der Waals surface area contributed by atoms with Gasteiger partial charge < -0.3 is 9.64 Å². The molecule has 0 spiro atoms. The maximum atomic E-state index is 13.0. The molecule has 1 fully saturated rings. The summed E-state index contributed by atoms with van der Waals surface area (Å²) in [6.07, 6.45) is -0.435. The van der Waals surface area contributed by atoms with Gasteiger partial charge in [0.1, 0.15) is 11.4 Å². The second-order valence-electron chi connectivity index (χ2n) is 6.32. The van der Waals surface area contributed by atoms with Crippen molar-refractivity contribution in [2.45, 2.75) is 38.3 Å². The maximum Gasteiger partial charge on any atom is 0.410 e. The van der Waals surface area contributed by atoms with Gasteiger partial charge in [0.15, 0.2) is 0 Å². The Balaban J connectivity index is 2.17. The average molecular weight is 306 g/mol. The number of halogens is 1. The van der Waals surface area contributed by atoms with Gasteiger partial charge in [0.2, 0.25) is 0 Å². The van der Waals surface area contributed by atoms with E-state index in [1.54, 1.807) is 32.9 Å². The van der Waals surface area contributed by atoms with Crippen LogP contribution in [0.15, 0.2) is 29.4 Å². The van der Waals surface area contributed by atoms with Gasteiger partial charge in [0, 0.05) is 23.9 Å². The molecule has 7 heteroatoms. The van der Waals surface area contributed by atoms with Gasteiger partial charge >= 0.3 is 6.09 Å². The number of carbonyl (C=O) groups is 1. The molecule has 1 aromatic rings. The van der Waals surface area contributed by atoms with Crippen molar-refractivity contribution in [1.82, 2.24) is 4.90 Å². The van der Waals surface area contributed by atoms with Crippen molar-refractivity contribution in [3.05, 3.63) is 46.1 Å². The Labute approximate surface area is 128 Å². The fourth-order valence-corrected chi connectivity index (χ4v) is 2.48. The van der Waals surface area contributed by atoms with Crippen LogP contribution in [-0.4, -0.2) is 35.7 Å². The van der Waals surface area contributed by atoms with E-state index in [1.807, 2.05) is 0 Å². The Morgan fingerprint density at radius 3 is 2.55 bits per heavy atom. The number of hydrogen-bond acceptors (Lipinski definition) is 3. The third-order valence-corrected chi connectivity index (χ3v) is 3.44. The van der Waals surface area contributed by atoms with Gasteiger partial charge in [-0.15, -0.1) is 0 Å². The number of nitrogens with zero attached hydrogens (tertiary/aromatic N) is 4. The van der Waals surface area contributed by atoms with E-state index in [0.29, 0.717) is 13.1 Å². The molecule has 0 bridgehead atoms. The predicted molar refractivity (Wildman–Crippen MR) is 79.9 cm³/mol. The minimum Gasteiger partial charge on any atom is -0.444 e. The second-order valence-corrected chi connectivity index (χ2v) is 6.32. The highest BCUT2D eigenvalue weighted by Gasteiger charge is 2.37. The summed E-state index contributed by atoms with van der Waals surface area (Å²) in [5, 5.41) is 3.77. The SMILES string of the molecule is CC(C)(C)OC(=O)N1CC(N=[N+]=[N-])C(c2ccc(F)cc2)C1. The highest BCUT2D eigenvalue weighted by atomic mass is 19.1. The Bertz CT molecular complexity index is 591. The summed E-state index contributed by atoms with van der Waals surface area (Å²) in [4.78, 5) is 16.5. The van der Waals surface area contributed by atoms with Crippen LogP contribution < -0.4 is 0 Å². The number of likely N-dealkylation sites (tertiary alicyclic amines) is 1. The van der Waals surface area contributed by atoms with Crippen molar-refractivity contribution >= 4 is 6.09 Å². The lowest BCUT2D eigenvalue weighted by atomic mass is 9.95. The number of rotatable bonds is 2. The van der Waals surface area contributed by atoms with Gasteiger partial charge in [-0.25, -0.2) is 9.18 Å². The molecule has 118 valence electrons. The fraction of sp³-hybridized carbons (Fsp3) is 0.533. The largest absolute Gasteiger partial charge is 0.444 e. The smallest absolute Gasteiger partial charge is 0.410 e. The average Bonchev–Trinajstić information content (AvgIpc) is 2.82. The van der Waals surface area contributed by atoms with E-state index in [4.69, 9.17) is 10.3 Å². The first kappa shape index (κ1) is 16.1. The molecule has 1 saturated heterocycles. The lowest BCUT2D eigenvalue weighted by molar-refractivity contribution is 0.0290. The number of carbonyl (C=O) groups excluding carboxylic acids is 1. The van der Waals surface area contributed by atoms with Crippen LogP contribution in [-0.2, 0) is 4.74 Å². The monoisotopic (exact) mass is 306 g/mol. The van der Waals surface area contributed by atoms with Gasteiger partial charge in [-0.05, 0) is 44.0 Å². The van der Waals surface area contributed by atoms with Crippen molar-refractivity contribution in [2.75, 3.05) is 13.1 Å². The van der Waals surface area contributed by atoms with Crippen molar-refractivity contribution < 1.29 is 13.9 Å². The van der Waals surface area contributed by atoms with Crippen LogP contribution in [0.5, 0.6) is 0 Å². The van der Waals surface area contributed by atoms with Crippen LogP contribution in [0.1, 0.15) is 32.3 Å². The molecular weight excluding hydrogens is 287 g/mol. The van der Waals surface area contributed by atoms with Crippen LogP contribution in [0.2, 0.25) is 0 Å². The third-order valence-electron chi connectivity index (χ3n) is 3.44. The van der Waals surface area contributed by atoms with E-state index in [2.05, 4.69) is 10.0 Å². The first-order valence-electron chi connectivity index (χ1n) is 7.08. The third kappa shape index (κ3) is 3.89. The topological polar surface area (TPSA) is 78.3 Å². The van der Waals surface area contributed by atoms with Crippen molar-refractivity contribution in [1.29, 1.82) is 0 Å². The highest BCUT2D eigenvalue weighted by molar-refractivity contribution is 5.69. The molecule has 0 saturated carbocycles. The molecule has 0 radical (unpaired) electrons. The first-order valence-corrected chi connectivity index (χ1v) is 7.08. The Morgan fingerprint density at radius 1 is 1.36 bits per heavy atom. The summed E-state index contributed by atoms with van der Waals surface area (Å²) in [7, 11) is 0. The zero-order chi connectivity index (χ0) is 16.3. The van der Waals surface area contributed by atoms with E-state index >= 15 is 0 Å². The summed E-state index contributed by atoms with van der Waals surface area (Å²) in [5.74, 6) is -0.491. The second kappa shape index (κ2) is 6.23. The minimum atomic E-state index is -0.584. The molecular formula is C15H19FN4O2. The maximum absolute atomic E-state index is 13.0. The molecule has 1 aliphatic heterocycles. The normalized spacial score (nSPS) is 21.4. The number of ether oxygens (including phenoxy) is 1. The highest BCUT2D eigenvalue weighted by Crippen LogP contribution is 2.31. The molecule has 1 amide bonds. The Kier molecular flexibility index (Phi) is 4.56. The van der Waals surface area contributed by atoms with Crippen LogP contribution >= 0.6 is 0 Å². The van der Waals surface area contributed by atoms with Gasteiger partial charge in [0.05, 0.1) is 6.04 Å². The van der Waals surface area contributed by atoms with E-state index in [1.165, 1.54) is 17.0 Å². The molecule has 22 heavy (non-hydrogen) atoms. The molecule has 2 rings (SSSR count). The molecule has 1 aromatic carbocycles. The summed E-state index contributed by atoms with van der Waals surface area (Å²) in [6.45, 7) is 6.06. The Morgan fingerprint density at radius 2 is 2.00 bits per heavy atom. The number of amides is 1. The van der Waals surface area contributed by atoms with Crippen LogP contribution in [0, 0.1) is 5.82 Å². The number of hydrogen-bond donors (Lipinski definition) is 0. The molecule has 2 atom stereocenters. The molecule has 6 nitrogen and oxygen atoms in total. The predicted octanol–water partition coefficient (Wildman–Crippen LogP) is 3.84. The summed E-state index contributed by atoms with van der Waals surface area (Å²) in [6, 6.07) is 5.64. The summed E-state index contributed by atoms with van der Waals surface area (Å²) in [5.41, 5.74) is 8.96. The molecule has 1 heterocycles. The fourth-order valence-electron chi connectivity index (χ4n) is 2.48. The molecule has 2 unspecified atom stereocenters. The van der Waals surface area contributed by atoms with E-state index in [9.17, 15) is 9.18 Å². The summed E-state index contributed by atoms with van der Waals surface area (Å²) >= 11 is 0. The lowest BCUT2D eigenvalue weighted by Crippen LogP contribution is -2.35. The van der Waals surface area contributed by atoms with Crippen LogP contribution in [0.4, 0.5) is 9.18 Å². The lowest BCUT2D eigenvalue weighted by Gasteiger charge is -2.24. The first-order chi connectivity index (χ1) is 10.3. The van der Waals surface area contributed by atoms with Gasteiger partial charge in [-0.2, -0.15) is 0 Å². The van der Waals surface area contributed by atoms with Crippen LogP contribution in [0.3, 0.4) is 0 Å². The minimum absolute atomic E-state index is 0.163. The molecule has 0 aromatic heterocycles. The van der Waals surface area contributed by atoms with Gasteiger partial charge in [0.25, 0.3) is 0 Å². The molecule has 0 N–H and O–H groups in total. The molecule has 1 aliphatic rings. The number of azide groups is 1. The van der Waals surface area contributed by atoms with Crippen LogP contribution in [0.25, 0.3) is 10.4 Å². The number of benzene rings is 1. The zero-order valence-electron chi connectivity index (χ0n) is 12.9. The van der Waals surface area contributed by atoms with Gasteiger partial charge in [-0.3, -0.25) is 0 Å². The van der Waals surface area contributed by atoms with E-state index in [0.717, 1.165) is 5.56 Å². The van der Waals surface area contributed by atoms with E-state index < -0.39 is 11.7 Å². The van der Waals surface area contributed by atoms with E-state index in [-0.39, 0.29) is 17.8 Å².